The van der Waals surface area contributed by atoms with Crippen LogP contribution in [0.1, 0.15) is 38.4 Å². The maximum Gasteiger partial charge on any atom is 0.145 e. The quantitative estimate of drug-likeness (QED) is 0.615. The van der Waals surface area contributed by atoms with Crippen molar-refractivity contribution in [2.75, 3.05) is 16.9 Å². The minimum Gasteiger partial charge on any atom is -0.354 e. The Balaban J connectivity index is 2.25. The number of nitrogens with one attached hydrogen (secondary N) is 1. The highest BCUT2D eigenvalue weighted by atomic mass is 15.3. The number of hydrazine groups is 1. The summed E-state index contributed by atoms with van der Waals surface area (Å²) in [6.07, 6.45) is 5.19. The molecule has 1 saturated carbocycles. The number of rotatable bonds is 4. The van der Waals surface area contributed by atoms with Crippen LogP contribution in [0.3, 0.4) is 0 Å². The number of nitrogen functional groups attached to an aromatic ring is 1. The van der Waals surface area contributed by atoms with E-state index >= 15 is 0 Å². The van der Waals surface area contributed by atoms with Crippen LogP contribution in [-0.2, 0) is 0 Å². The van der Waals surface area contributed by atoms with Crippen molar-refractivity contribution in [3.05, 3.63) is 11.9 Å². The predicted molar refractivity (Wildman–Crippen MR) is 69.9 cm³/mol. The summed E-state index contributed by atoms with van der Waals surface area (Å²) in [6, 6.07) is 2.55. The second-order valence-corrected chi connectivity index (χ2v) is 4.53. The fourth-order valence-electron chi connectivity index (χ4n) is 2.60. The molecular formula is C12H21N5. The zero-order chi connectivity index (χ0) is 12.3. The number of nitrogens with zero attached hydrogens (tertiary/aromatic N) is 3. The van der Waals surface area contributed by atoms with Gasteiger partial charge in [0.25, 0.3) is 0 Å². The Labute approximate surface area is 102 Å². The number of hydrogen-bond acceptors (Lipinski definition) is 5. The summed E-state index contributed by atoms with van der Waals surface area (Å²) in [4.78, 5) is 11.1. The van der Waals surface area contributed by atoms with Crippen molar-refractivity contribution in [3.63, 3.8) is 0 Å². The first-order chi connectivity index (χ1) is 8.24. The van der Waals surface area contributed by atoms with Crippen LogP contribution in [0.2, 0.25) is 0 Å². The van der Waals surface area contributed by atoms with Crippen LogP contribution in [0.25, 0.3) is 0 Å². The molecule has 0 aliphatic heterocycles. The second-order valence-electron chi connectivity index (χ2n) is 4.53. The normalized spacial score (nSPS) is 16.2. The van der Waals surface area contributed by atoms with Gasteiger partial charge in [0, 0.05) is 18.7 Å². The lowest BCUT2D eigenvalue weighted by Gasteiger charge is -2.29. The van der Waals surface area contributed by atoms with E-state index in [-0.39, 0.29) is 0 Å². The largest absolute Gasteiger partial charge is 0.354 e. The predicted octanol–water partition coefficient (Wildman–Crippen LogP) is 1.84. The van der Waals surface area contributed by atoms with E-state index in [9.17, 15) is 0 Å². The monoisotopic (exact) mass is 235 g/mol. The molecule has 1 fully saturated rings. The van der Waals surface area contributed by atoms with Crippen LogP contribution in [0.4, 0.5) is 11.6 Å². The third-order valence-corrected chi connectivity index (χ3v) is 3.37. The number of nitrogens with two attached hydrogens (primary N) is 1. The highest BCUT2D eigenvalue weighted by Crippen LogP contribution is 2.27. The Kier molecular flexibility index (Phi) is 3.78. The molecule has 0 saturated heterocycles. The zero-order valence-electron chi connectivity index (χ0n) is 10.6. The van der Waals surface area contributed by atoms with Gasteiger partial charge in [-0.1, -0.05) is 12.8 Å². The molecule has 1 aromatic rings. The van der Waals surface area contributed by atoms with Crippen LogP contribution in [0, 0.1) is 6.92 Å². The summed E-state index contributed by atoms with van der Waals surface area (Å²) in [5.74, 6) is 7.85. The molecule has 0 spiro atoms. The van der Waals surface area contributed by atoms with Crippen molar-refractivity contribution in [1.29, 1.82) is 0 Å². The molecule has 1 aliphatic rings. The Morgan fingerprint density at radius 2 is 2.12 bits per heavy atom. The van der Waals surface area contributed by atoms with Crippen molar-refractivity contribution in [2.24, 2.45) is 5.84 Å². The zero-order valence-corrected chi connectivity index (χ0v) is 10.6. The van der Waals surface area contributed by atoms with Crippen molar-refractivity contribution in [1.82, 2.24) is 9.97 Å². The summed E-state index contributed by atoms with van der Waals surface area (Å²) in [7, 11) is 0. The lowest BCUT2D eigenvalue weighted by atomic mass is 10.2. The molecule has 5 nitrogen and oxygen atoms in total. The molecule has 0 unspecified atom stereocenters. The smallest absolute Gasteiger partial charge is 0.145 e. The molecule has 94 valence electrons. The molecule has 1 aromatic heterocycles. The van der Waals surface area contributed by atoms with Crippen LogP contribution in [0.5, 0.6) is 0 Å². The van der Waals surface area contributed by atoms with Gasteiger partial charge in [-0.05, 0) is 26.7 Å². The molecule has 1 heterocycles. The van der Waals surface area contributed by atoms with E-state index in [1.54, 1.807) is 0 Å². The van der Waals surface area contributed by atoms with E-state index in [2.05, 4.69) is 27.2 Å². The summed E-state index contributed by atoms with van der Waals surface area (Å²) >= 11 is 0. The molecule has 0 radical (unpaired) electrons. The number of anilines is 2. The second kappa shape index (κ2) is 5.31. The molecule has 1 aliphatic carbocycles. The van der Waals surface area contributed by atoms with Crippen molar-refractivity contribution >= 4 is 11.6 Å². The third kappa shape index (κ3) is 2.66. The van der Waals surface area contributed by atoms with E-state index in [0.717, 1.165) is 18.2 Å². The Morgan fingerprint density at radius 1 is 1.41 bits per heavy atom. The van der Waals surface area contributed by atoms with Gasteiger partial charge in [0.1, 0.15) is 17.5 Å². The molecule has 0 bridgehead atoms. The standard InChI is InChI=1S/C12H21N5/c1-3-17(10-6-4-5-7-10)12-8-11(16-13)14-9(2)15-12/h8,10H,3-7,13H2,1-2H3,(H,14,15,16). The lowest BCUT2D eigenvalue weighted by Crippen LogP contribution is -2.34. The van der Waals surface area contributed by atoms with E-state index in [1.807, 2.05) is 13.0 Å². The minimum absolute atomic E-state index is 0.625. The van der Waals surface area contributed by atoms with Crippen molar-refractivity contribution < 1.29 is 0 Å². The van der Waals surface area contributed by atoms with Gasteiger partial charge in [-0.3, -0.25) is 0 Å². The van der Waals surface area contributed by atoms with Gasteiger partial charge in [-0.2, -0.15) is 0 Å². The number of aryl methyl sites for hydroxylation is 1. The molecule has 0 atom stereocenters. The molecule has 0 aromatic carbocycles. The van der Waals surface area contributed by atoms with Gasteiger partial charge in [0.2, 0.25) is 0 Å². The average molecular weight is 235 g/mol. The van der Waals surface area contributed by atoms with Crippen molar-refractivity contribution in [2.45, 2.75) is 45.6 Å². The van der Waals surface area contributed by atoms with Gasteiger partial charge >= 0.3 is 0 Å². The fraction of sp³-hybridized carbons (Fsp3) is 0.667. The minimum atomic E-state index is 0.625. The Bertz CT molecular complexity index is 373. The maximum atomic E-state index is 5.42. The fourth-order valence-corrected chi connectivity index (χ4v) is 2.60. The first kappa shape index (κ1) is 12.1. The molecule has 5 heteroatoms. The van der Waals surface area contributed by atoms with Gasteiger partial charge in [-0.25, -0.2) is 15.8 Å². The molecular weight excluding hydrogens is 214 g/mol. The van der Waals surface area contributed by atoms with Crippen LogP contribution in [-0.4, -0.2) is 22.6 Å². The molecule has 17 heavy (non-hydrogen) atoms. The van der Waals surface area contributed by atoms with Gasteiger partial charge in [0.05, 0.1) is 0 Å². The van der Waals surface area contributed by atoms with Gasteiger partial charge in [-0.15, -0.1) is 0 Å². The SMILES string of the molecule is CCN(c1cc(NN)nc(C)n1)C1CCCC1. The van der Waals surface area contributed by atoms with E-state index in [1.165, 1.54) is 25.7 Å². The number of hydrogen-bond donors (Lipinski definition) is 2. The van der Waals surface area contributed by atoms with E-state index in [0.29, 0.717) is 11.9 Å². The Morgan fingerprint density at radius 3 is 2.71 bits per heavy atom. The summed E-state index contributed by atoms with van der Waals surface area (Å²) in [5, 5.41) is 0. The van der Waals surface area contributed by atoms with Gasteiger partial charge in [0.15, 0.2) is 0 Å². The van der Waals surface area contributed by atoms with Gasteiger partial charge < -0.3 is 10.3 Å². The third-order valence-electron chi connectivity index (χ3n) is 3.37. The summed E-state index contributed by atoms with van der Waals surface area (Å²) in [5.41, 5.74) is 2.60. The maximum absolute atomic E-state index is 5.42. The first-order valence-corrected chi connectivity index (χ1v) is 6.33. The highest BCUT2D eigenvalue weighted by molar-refractivity contribution is 5.49. The molecule has 0 amide bonds. The highest BCUT2D eigenvalue weighted by Gasteiger charge is 2.23. The Hall–Kier alpha value is -1.36. The van der Waals surface area contributed by atoms with Crippen LogP contribution < -0.4 is 16.2 Å². The summed E-state index contributed by atoms with van der Waals surface area (Å²) in [6.45, 7) is 5.04. The topological polar surface area (TPSA) is 67.1 Å². The summed E-state index contributed by atoms with van der Waals surface area (Å²) < 4.78 is 0. The average Bonchev–Trinajstić information content (AvgIpc) is 2.83. The lowest BCUT2D eigenvalue weighted by molar-refractivity contribution is 0.611. The van der Waals surface area contributed by atoms with E-state index in [4.69, 9.17) is 5.84 Å². The van der Waals surface area contributed by atoms with Crippen molar-refractivity contribution in [3.8, 4) is 0 Å². The molecule has 3 N–H and O–H groups in total. The number of aromatic nitrogens is 2. The van der Waals surface area contributed by atoms with Crippen LogP contribution in [0.15, 0.2) is 6.07 Å². The van der Waals surface area contributed by atoms with Crippen LogP contribution >= 0.6 is 0 Å². The first-order valence-electron chi connectivity index (χ1n) is 6.33. The molecule has 2 rings (SSSR count). The van der Waals surface area contributed by atoms with E-state index < -0.39 is 0 Å².